The second-order valence-electron chi connectivity index (χ2n) is 4.49. The third kappa shape index (κ3) is 4.02. The minimum atomic E-state index is -1.22. The van der Waals surface area contributed by atoms with Gasteiger partial charge in [0.15, 0.2) is 0 Å². The molecule has 0 bridgehead atoms. The van der Waals surface area contributed by atoms with Crippen LogP contribution in [0.15, 0.2) is 30.3 Å². The number of carbonyl (C=O) groups excluding carboxylic acids is 3. The molecule has 0 aliphatic carbocycles. The Labute approximate surface area is 141 Å². The van der Waals surface area contributed by atoms with Crippen molar-refractivity contribution in [2.24, 2.45) is 5.73 Å². The van der Waals surface area contributed by atoms with Crippen LogP contribution in [0.3, 0.4) is 0 Å². The van der Waals surface area contributed by atoms with Crippen LogP contribution in [-0.4, -0.2) is 32.3 Å². The molecular weight excluding hydrogens is 334 g/mol. The summed E-state index contributed by atoms with van der Waals surface area (Å²) >= 11 is 1.16. The zero-order chi connectivity index (χ0) is 17.7. The summed E-state index contributed by atoms with van der Waals surface area (Å²) in [5, 5.41) is 5.14. The lowest BCUT2D eigenvalue weighted by Crippen LogP contribution is -2.25. The number of carbonyl (C=O) groups is 3. The van der Waals surface area contributed by atoms with Crippen LogP contribution in [0.25, 0.3) is 10.4 Å². The number of urea groups is 1. The molecular formula is C15H15N3O5S. The van der Waals surface area contributed by atoms with Crippen LogP contribution >= 0.6 is 11.3 Å². The van der Waals surface area contributed by atoms with Crippen molar-refractivity contribution in [3.05, 3.63) is 35.9 Å². The fraction of sp³-hybridized carbons (Fsp3) is 0.133. The fourth-order valence-electron chi connectivity index (χ4n) is 1.85. The highest BCUT2D eigenvalue weighted by molar-refractivity contribution is 7.20. The summed E-state index contributed by atoms with van der Waals surface area (Å²) in [6.45, 7) is 0. The Morgan fingerprint density at radius 3 is 2.38 bits per heavy atom. The summed E-state index contributed by atoms with van der Waals surface area (Å²) in [6, 6.07) is 8.15. The van der Waals surface area contributed by atoms with E-state index in [9.17, 15) is 14.4 Å². The molecule has 0 spiro atoms. The molecule has 126 valence electrons. The minimum absolute atomic E-state index is 0.0354. The molecule has 24 heavy (non-hydrogen) atoms. The Kier molecular flexibility index (Phi) is 5.38. The maximum absolute atomic E-state index is 12.0. The largest absolute Gasteiger partial charge is 0.497 e. The molecule has 4 N–H and O–H groups in total. The van der Waals surface area contributed by atoms with E-state index in [1.807, 2.05) is 0 Å². The first-order chi connectivity index (χ1) is 11.4. The van der Waals surface area contributed by atoms with Crippen LogP contribution in [0.5, 0.6) is 5.75 Å². The van der Waals surface area contributed by atoms with E-state index >= 15 is 0 Å². The molecule has 1 heterocycles. The first-order valence-electron chi connectivity index (χ1n) is 6.73. The maximum atomic E-state index is 12.0. The van der Waals surface area contributed by atoms with Crippen LogP contribution < -0.4 is 21.1 Å². The third-order valence-corrected chi connectivity index (χ3v) is 4.07. The summed E-state index contributed by atoms with van der Waals surface area (Å²) in [5.41, 5.74) is 5.71. The topological polar surface area (TPSA) is 120 Å². The Morgan fingerprint density at radius 2 is 1.83 bits per heavy atom. The highest BCUT2D eigenvalue weighted by Gasteiger charge is 2.21. The number of thiophene rings is 1. The highest BCUT2D eigenvalue weighted by Crippen LogP contribution is 2.36. The molecule has 2 aromatic rings. The van der Waals surface area contributed by atoms with Gasteiger partial charge in [0.1, 0.15) is 10.8 Å². The van der Waals surface area contributed by atoms with Crippen LogP contribution in [0, 0.1) is 0 Å². The van der Waals surface area contributed by atoms with E-state index in [4.69, 9.17) is 10.5 Å². The predicted octanol–water partition coefficient (Wildman–Crippen LogP) is 2.41. The van der Waals surface area contributed by atoms with Crippen molar-refractivity contribution in [2.75, 3.05) is 19.5 Å². The second kappa shape index (κ2) is 7.47. The number of amides is 3. The molecule has 1 aromatic carbocycles. The van der Waals surface area contributed by atoms with Gasteiger partial charge >= 0.3 is 18.1 Å². The van der Waals surface area contributed by atoms with Gasteiger partial charge in [0.25, 0.3) is 0 Å². The molecule has 0 radical (unpaired) electrons. The van der Waals surface area contributed by atoms with E-state index in [0.717, 1.165) is 16.9 Å². The van der Waals surface area contributed by atoms with E-state index in [1.165, 1.54) is 13.1 Å². The van der Waals surface area contributed by atoms with E-state index in [2.05, 4.69) is 15.4 Å². The summed E-state index contributed by atoms with van der Waals surface area (Å²) < 4.78 is 9.49. The van der Waals surface area contributed by atoms with Crippen molar-refractivity contribution in [3.63, 3.8) is 0 Å². The zero-order valence-electron chi connectivity index (χ0n) is 12.9. The minimum Gasteiger partial charge on any atom is -0.497 e. The van der Waals surface area contributed by atoms with Crippen LogP contribution in [0.4, 0.5) is 14.6 Å². The average molecular weight is 349 g/mol. The molecule has 2 rings (SSSR count). The summed E-state index contributed by atoms with van der Waals surface area (Å²) in [4.78, 5) is 35.0. The molecule has 0 aliphatic rings. The fourth-order valence-corrected chi connectivity index (χ4v) is 2.89. The average Bonchev–Trinajstić information content (AvgIpc) is 2.98. The first-order valence-corrected chi connectivity index (χ1v) is 7.55. The number of ether oxygens (including phenoxy) is 2. The van der Waals surface area contributed by atoms with E-state index in [-0.39, 0.29) is 10.6 Å². The van der Waals surface area contributed by atoms with Gasteiger partial charge in [0.05, 0.1) is 12.7 Å². The van der Waals surface area contributed by atoms with Gasteiger partial charge < -0.3 is 20.5 Å². The lowest BCUT2D eigenvalue weighted by Gasteiger charge is -2.04. The van der Waals surface area contributed by atoms with Gasteiger partial charge in [-0.15, -0.1) is 11.3 Å². The van der Waals surface area contributed by atoms with E-state index in [0.29, 0.717) is 10.6 Å². The maximum Gasteiger partial charge on any atom is 0.412 e. The lowest BCUT2D eigenvalue weighted by atomic mass is 10.1. The number of primary amides is 1. The molecule has 0 atom stereocenters. The SMILES string of the molecule is CNC(=O)Nc1sc(-c2ccc(OC)cc2)cc1C(=O)OC(N)=O. The summed E-state index contributed by atoms with van der Waals surface area (Å²) in [6.07, 6.45) is -1.22. The van der Waals surface area contributed by atoms with E-state index in [1.54, 1.807) is 31.4 Å². The Bertz CT molecular complexity index is 770. The number of nitrogens with one attached hydrogen (secondary N) is 2. The summed E-state index contributed by atoms with van der Waals surface area (Å²) in [7, 11) is 3.00. The number of nitrogens with two attached hydrogens (primary N) is 1. The third-order valence-electron chi connectivity index (χ3n) is 2.97. The normalized spacial score (nSPS) is 9.92. The van der Waals surface area contributed by atoms with Crippen molar-refractivity contribution < 1.29 is 23.9 Å². The number of hydrogen-bond donors (Lipinski definition) is 3. The molecule has 8 nitrogen and oxygen atoms in total. The smallest absolute Gasteiger partial charge is 0.412 e. The molecule has 0 saturated heterocycles. The van der Waals surface area contributed by atoms with Gasteiger partial charge in [-0.3, -0.25) is 5.32 Å². The lowest BCUT2D eigenvalue weighted by molar-refractivity contribution is 0.0640. The molecule has 1 aromatic heterocycles. The Hall–Kier alpha value is -3.07. The number of esters is 1. The van der Waals surface area contributed by atoms with Crippen molar-refractivity contribution >= 4 is 34.4 Å². The number of hydrogen-bond acceptors (Lipinski definition) is 6. The number of rotatable bonds is 4. The van der Waals surface area contributed by atoms with Crippen LogP contribution in [0.2, 0.25) is 0 Å². The van der Waals surface area contributed by atoms with Crippen molar-refractivity contribution in [1.82, 2.24) is 5.32 Å². The highest BCUT2D eigenvalue weighted by atomic mass is 32.1. The van der Waals surface area contributed by atoms with Gasteiger partial charge in [-0.05, 0) is 35.9 Å². The molecule has 9 heteroatoms. The van der Waals surface area contributed by atoms with Crippen molar-refractivity contribution in [3.8, 4) is 16.2 Å². The van der Waals surface area contributed by atoms with Crippen LogP contribution in [0.1, 0.15) is 10.4 Å². The van der Waals surface area contributed by atoms with Gasteiger partial charge in [-0.25, -0.2) is 14.4 Å². The molecule has 0 unspecified atom stereocenters. The van der Waals surface area contributed by atoms with Crippen LogP contribution in [-0.2, 0) is 4.74 Å². The molecule has 0 aliphatic heterocycles. The standard InChI is InChI=1S/C15H15N3O5S/c1-17-15(21)18-12-10(13(19)23-14(16)20)7-11(24-12)8-3-5-9(22-2)6-4-8/h3-7H,1-2H3,(H2,16,20)(H2,17,18,21). The predicted molar refractivity (Wildman–Crippen MR) is 89.4 cm³/mol. The van der Waals surface area contributed by atoms with E-state index < -0.39 is 18.1 Å². The van der Waals surface area contributed by atoms with Crippen molar-refractivity contribution in [2.45, 2.75) is 0 Å². The number of anilines is 1. The summed E-state index contributed by atoms with van der Waals surface area (Å²) in [5.74, 6) is -0.253. The second-order valence-corrected chi connectivity index (χ2v) is 5.55. The number of methoxy groups -OCH3 is 1. The van der Waals surface area contributed by atoms with Gasteiger partial charge in [0.2, 0.25) is 0 Å². The Balaban J connectivity index is 2.40. The molecule has 0 saturated carbocycles. The first kappa shape index (κ1) is 17.3. The zero-order valence-corrected chi connectivity index (χ0v) is 13.7. The van der Waals surface area contributed by atoms with Gasteiger partial charge in [-0.2, -0.15) is 0 Å². The molecule has 3 amide bonds. The Morgan fingerprint density at radius 1 is 1.17 bits per heavy atom. The monoisotopic (exact) mass is 349 g/mol. The van der Waals surface area contributed by atoms with Crippen molar-refractivity contribution in [1.29, 1.82) is 0 Å². The number of benzene rings is 1. The quantitative estimate of drug-likeness (QED) is 0.578. The van der Waals surface area contributed by atoms with Gasteiger partial charge in [-0.1, -0.05) is 0 Å². The molecule has 0 fully saturated rings. The van der Waals surface area contributed by atoms with Gasteiger partial charge in [0, 0.05) is 11.9 Å².